The first-order valence-corrected chi connectivity index (χ1v) is 5.56. The molecule has 0 amide bonds. The molecule has 18 heavy (non-hydrogen) atoms. The predicted octanol–water partition coefficient (Wildman–Crippen LogP) is 3.09. The normalized spacial score (nSPS) is 10.7. The number of aromatic nitrogens is 1. The van der Waals surface area contributed by atoms with Crippen molar-refractivity contribution in [3.05, 3.63) is 42.6 Å². The molecule has 2 N–H and O–H groups in total. The van der Waals surface area contributed by atoms with E-state index >= 15 is 0 Å². The van der Waals surface area contributed by atoms with Gasteiger partial charge in [-0.15, -0.1) is 0 Å². The van der Waals surface area contributed by atoms with E-state index in [2.05, 4.69) is 4.98 Å². The van der Waals surface area contributed by atoms with Crippen molar-refractivity contribution >= 4 is 16.8 Å². The number of furan rings is 1. The first-order chi connectivity index (χ1) is 8.76. The summed E-state index contributed by atoms with van der Waals surface area (Å²) >= 11 is 0. The van der Waals surface area contributed by atoms with Gasteiger partial charge < -0.3 is 14.9 Å². The molecule has 3 aromatic rings. The third kappa shape index (κ3) is 1.78. The van der Waals surface area contributed by atoms with Crippen molar-refractivity contribution in [1.82, 2.24) is 4.98 Å². The van der Waals surface area contributed by atoms with Gasteiger partial charge in [-0.05, 0) is 30.3 Å². The van der Waals surface area contributed by atoms with Crippen LogP contribution in [0, 0.1) is 0 Å². The van der Waals surface area contributed by atoms with E-state index in [0.717, 1.165) is 28.0 Å². The first kappa shape index (κ1) is 10.7. The van der Waals surface area contributed by atoms with Gasteiger partial charge in [0.25, 0.3) is 0 Å². The number of nitrogens with zero attached hydrogens (tertiary/aromatic N) is 1. The fourth-order valence-electron chi connectivity index (χ4n) is 1.83. The van der Waals surface area contributed by atoms with Crippen LogP contribution in [0.4, 0.5) is 5.82 Å². The monoisotopic (exact) mass is 240 g/mol. The van der Waals surface area contributed by atoms with Crippen LogP contribution in [0.3, 0.4) is 0 Å². The van der Waals surface area contributed by atoms with Crippen LogP contribution in [0.2, 0.25) is 0 Å². The van der Waals surface area contributed by atoms with E-state index in [4.69, 9.17) is 14.9 Å². The second-order valence-electron chi connectivity index (χ2n) is 3.99. The van der Waals surface area contributed by atoms with Crippen LogP contribution in [-0.4, -0.2) is 12.1 Å². The second kappa shape index (κ2) is 4.07. The van der Waals surface area contributed by atoms with E-state index in [1.54, 1.807) is 19.4 Å². The molecule has 2 aromatic heterocycles. The third-order valence-electron chi connectivity index (χ3n) is 2.80. The van der Waals surface area contributed by atoms with Crippen LogP contribution < -0.4 is 10.5 Å². The van der Waals surface area contributed by atoms with E-state index in [-0.39, 0.29) is 0 Å². The highest BCUT2D eigenvalue weighted by Crippen LogP contribution is 2.29. The highest BCUT2D eigenvalue weighted by molar-refractivity contribution is 5.83. The number of anilines is 1. The average Bonchev–Trinajstić information content (AvgIpc) is 2.82. The van der Waals surface area contributed by atoms with Crippen LogP contribution in [0.5, 0.6) is 5.75 Å². The van der Waals surface area contributed by atoms with Crippen molar-refractivity contribution in [2.45, 2.75) is 0 Å². The second-order valence-corrected chi connectivity index (χ2v) is 3.99. The van der Waals surface area contributed by atoms with Gasteiger partial charge in [0.15, 0.2) is 0 Å². The average molecular weight is 240 g/mol. The summed E-state index contributed by atoms with van der Waals surface area (Å²) in [6.07, 6.45) is 1.70. The Morgan fingerprint density at radius 3 is 2.78 bits per heavy atom. The van der Waals surface area contributed by atoms with Gasteiger partial charge >= 0.3 is 0 Å². The van der Waals surface area contributed by atoms with Gasteiger partial charge in [0.2, 0.25) is 0 Å². The number of hydrogen-bond donors (Lipinski definition) is 1. The Balaban J connectivity index is 2.10. The van der Waals surface area contributed by atoms with Crippen molar-refractivity contribution in [1.29, 1.82) is 0 Å². The molecule has 3 rings (SSSR count). The van der Waals surface area contributed by atoms with Crippen molar-refractivity contribution in [3.63, 3.8) is 0 Å². The van der Waals surface area contributed by atoms with Gasteiger partial charge in [-0.1, -0.05) is 0 Å². The molecule has 0 aliphatic heterocycles. The lowest BCUT2D eigenvalue weighted by Gasteiger charge is -1.97. The van der Waals surface area contributed by atoms with E-state index in [1.165, 1.54) is 0 Å². The third-order valence-corrected chi connectivity index (χ3v) is 2.80. The minimum Gasteiger partial charge on any atom is -0.497 e. The summed E-state index contributed by atoms with van der Waals surface area (Å²) in [6.45, 7) is 0. The van der Waals surface area contributed by atoms with Crippen LogP contribution in [0.1, 0.15) is 0 Å². The Bertz CT molecular complexity index is 687. The first-order valence-electron chi connectivity index (χ1n) is 5.56. The molecule has 0 fully saturated rings. The van der Waals surface area contributed by atoms with Gasteiger partial charge in [0, 0.05) is 23.2 Å². The number of pyridine rings is 1. The molecule has 1 aromatic carbocycles. The van der Waals surface area contributed by atoms with E-state index in [9.17, 15) is 0 Å². The Morgan fingerprint density at radius 2 is 2.06 bits per heavy atom. The van der Waals surface area contributed by atoms with Crippen molar-refractivity contribution in [2.75, 3.05) is 12.8 Å². The number of fused-ring (bicyclic) bond motifs is 1. The summed E-state index contributed by atoms with van der Waals surface area (Å²) in [7, 11) is 1.63. The number of methoxy groups -OCH3 is 1. The van der Waals surface area contributed by atoms with Crippen LogP contribution in [0.15, 0.2) is 47.0 Å². The minimum absolute atomic E-state index is 0.497. The summed E-state index contributed by atoms with van der Waals surface area (Å²) in [5, 5.41) is 1.03. The lowest BCUT2D eigenvalue weighted by Crippen LogP contribution is -1.87. The molecule has 0 bridgehead atoms. The molecule has 4 heteroatoms. The van der Waals surface area contributed by atoms with Gasteiger partial charge in [0.05, 0.1) is 7.11 Å². The lowest BCUT2D eigenvalue weighted by molar-refractivity contribution is 0.414. The number of nitrogen functional groups attached to an aromatic ring is 1. The minimum atomic E-state index is 0.497. The quantitative estimate of drug-likeness (QED) is 0.747. The van der Waals surface area contributed by atoms with Gasteiger partial charge in [-0.25, -0.2) is 4.98 Å². The molecule has 0 spiro atoms. The zero-order valence-electron chi connectivity index (χ0n) is 9.88. The molecular formula is C14H12N2O2. The number of hydrogen-bond acceptors (Lipinski definition) is 4. The predicted molar refractivity (Wildman–Crippen MR) is 70.4 cm³/mol. The molecule has 4 nitrogen and oxygen atoms in total. The van der Waals surface area contributed by atoms with Gasteiger partial charge in [-0.3, -0.25) is 0 Å². The van der Waals surface area contributed by atoms with Crippen LogP contribution >= 0.6 is 0 Å². The largest absolute Gasteiger partial charge is 0.497 e. The fourth-order valence-corrected chi connectivity index (χ4v) is 1.83. The highest BCUT2D eigenvalue weighted by atomic mass is 16.5. The molecule has 0 saturated heterocycles. The maximum atomic E-state index is 5.78. The van der Waals surface area contributed by atoms with E-state index in [0.29, 0.717) is 5.82 Å². The summed E-state index contributed by atoms with van der Waals surface area (Å²) in [6, 6.07) is 11.3. The topological polar surface area (TPSA) is 61.3 Å². The standard InChI is InChI=1S/C14H12N2O2/c1-17-11-4-2-9-6-12(18-13(9)7-11)10-3-5-14(15)16-8-10/h2-8H,1H3,(H2,15,16). The summed E-state index contributed by atoms with van der Waals surface area (Å²) in [5.74, 6) is 2.04. The fraction of sp³-hybridized carbons (Fsp3) is 0.0714. The summed E-state index contributed by atoms with van der Waals surface area (Å²) in [5.41, 5.74) is 7.25. The molecule has 0 aliphatic carbocycles. The highest BCUT2D eigenvalue weighted by Gasteiger charge is 2.07. The van der Waals surface area contributed by atoms with Crippen molar-refractivity contribution in [3.8, 4) is 17.1 Å². The Morgan fingerprint density at radius 1 is 1.17 bits per heavy atom. The Labute approximate surface area is 104 Å². The summed E-state index contributed by atoms with van der Waals surface area (Å²) < 4.78 is 10.9. The van der Waals surface area contributed by atoms with E-state index < -0.39 is 0 Å². The maximum absolute atomic E-state index is 5.78. The van der Waals surface area contributed by atoms with Crippen molar-refractivity contribution < 1.29 is 9.15 Å². The number of benzene rings is 1. The number of rotatable bonds is 2. The molecule has 0 saturated carbocycles. The zero-order chi connectivity index (χ0) is 12.5. The lowest BCUT2D eigenvalue weighted by atomic mass is 10.2. The Hall–Kier alpha value is -2.49. The SMILES string of the molecule is COc1ccc2cc(-c3ccc(N)nc3)oc2c1. The van der Waals surface area contributed by atoms with Gasteiger partial charge in [-0.2, -0.15) is 0 Å². The van der Waals surface area contributed by atoms with E-state index in [1.807, 2.05) is 30.3 Å². The van der Waals surface area contributed by atoms with Gasteiger partial charge in [0.1, 0.15) is 22.9 Å². The van der Waals surface area contributed by atoms with Crippen LogP contribution in [-0.2, 0) is 0 Å². The molecule has 0 radical (unpaired) electrons. The molecule has 90 valence electrons. The van der Waals surface area contributed by atoms with Crippen molar-refractivity contribution in [2.24, 2.45) is 0 Å². The van der Waals surface area contributed by atoms with Crippen LogP contribution in [0.25, 0.3) is 22.3 Å². The smallest absolute Gasteiger partial charge is 0.138 e. The number of nitrogens with two attached hydrogens (primary N) is 1. The number of ether oxygens (including phenoxy) is 1. The molecule has 0 unspecified atom stereocenters. The summed E-state index contributed by atoms with van der Waals surface area (Å²) in [4.78, 5) is 4.05. The molecule has 0 aliphatic rings. The Kier molecular flexibility index (Phi) is 2.41. The molecule has 2 heterocycles. The zero-order valence-corrected chi connectivity index (χ0v) is 9.88. The molecular weight excluding hydrogens is 228 g/mol. The molecule has 0 atom stereocenters. The maximum Gasteiger partial charge on any atom is 0.138 e.